The van der Waals surface area contributed by atoms with Gasteiger partial charge in [-0.25, -0.2) is 0 Å². The van der Waals surface area contributed by atoms with E-state index in [1.165, 1.54) is 17.5 Å². The molecule has 1 N–H and O–H groups in total. The molecule has 0 bridgehead atoms. The first-order valence-electron chi connectivity index (χ1n) is 8.91. The van der Waals surface area contributed by atoms with Crippen LogP contribution in [0.2, 0.25) is 0 Å². The third kappa shape index (κ3) is 4.32. The molecule has 2 fully saturated rings. The van der Waals surface area contributed by atoms with E-state index in [0.717, 1.165) is 45.9 Å². The molecule has 23 heavy (non-hydrogen) atoms. The third-order valence-corrected chi connectivity index (χ3v) is 5.35. The van der Waals surface area contributed by atoms with Crippen molar-refractivity contribution in [2.45, 2.75) is 38.3 Å². The maximum absolute atomic E-state index is 10.5. The molecule has 1 aromatic carbocycles. The van der Waals surface area contributed by atoms with E-state index in [2.05, 4.69) is 47.9 Å². The molecule has 2 saturated heterocycles. The Morgan fingerprint density at radius 1 is 1.22 bits per heavy atom. The highest BCUT2D eigenvalue weighted by Gasteiger charge is 2.32. The third-order valence-electron chi connectivity index (χ3n) is 5.35. The molecule has 0 amide bonds. The minimum absolute atomic E-state index is 0.272. The summed E-state index contributed by atoms with van der Waals surface area (Å²) in [5.41, 5.74) is 2.87. The van der Waals surface area contributed by atoms with Crippen LogP contribution < -0.4 is 0 Å². The Morgan fingerprint density at radius 3 is 2.70 bits per heavy atom. The van der Waals surface area contributed by atoms with Gasteiger partial charge in [0, 0.05) is 38.8 Å². The Hall–Kier alpha value is -0.940. The fraction of sp³-hybridized carbons (Fsp3) is 0.684. The molecule has 3 unspecified atom stereocenters. The maximum Gasteiger partial charge on any atom is 0.0793 e. The van der Waals surface area contributed by atoms with E-state index in [4.69, 9.17) is 4.74 Å². The van der Waals surface area contributed by atoms with E-state index in [9.17, 15) is 5.11 Å². The van der Waals surface area contributed by atoms with Crippen LogP contribution in [-0.4, -0.2) is 73.0 Å². The zero-order valence-corrected chi connectivity index (χ0v) is 14.4. The number of aliphatic hydroxyl groups excluding tert-OH is 1. The van der Waals surface area contributed by atoms with E-state index < -0.39 is 0 Å². The number of benzene rings is 1. The van der Waals surface area contributed by atoms with Crippen molar-refractivity contribution in [3.05, 3.63) is 35.4 Å². The number of aliphatic hydroxyl groups is 1. The number of hydrogen-bond donors (Lipinski definition) is 1. The van der Waals surface area contributed by atoms with Crippen molar-refractivity contribution in [1.29, 1.82) is 0 Å². The number of rotatable bonds is 5. The van der Waals surface area contributed by atoms with Crippen LogP contribution in [0, 0.1) is 6.92 Å². The molecule has 0 saturated carbocycles. The minimum Gasteiger partial charge on any atom is -0.390 e. The molecule has 128 valence electrons. The van der Waals surface area contributed by atoms with Crippen LogP contribution in [0.15, 0.2) is 24.3 Å². The van der Waals surface area contributed by atoms with Crippen molar-refractivity contribution < 1.29 is 9.84 Å². The van der Waals surface area contributed by atoms with Crippen LogP contribution in [-0.2, 0) is 4.74 Å². The summed E-state index contributed by atoms with van der Waals surface area (Å²) in [5.74, 6) is 0.599. The van der Waals surface area contributed by atoms with Gasteiger partial charge in [0.25, 0.3) is 0 Å². The fourth-order valence-corrected chi connectivity index (χ4v) is 4.03. The number of morpholine rings is 1. The normalized spacial score (nSPS) is 28.1. The summed E-state index contributed by atoms with van der Waals surface area (Å²) < 4.78 is 5.37. The van der Waals surface area contributed by atoms with Crippen LogP contribution >= 0.6 is 0 Å². The quantitative estimate of drug-likeness (QED) is 0.899. The molecule has 4 heteroatoms. The first-order valence-corrected chi connectivity index (χ1v) is 8.91. The van der Waals surface area contributed by atoms with E-state index in [1.807, 2.05) is 0 Å². The second-order valence-electron chi connectivity index (χ2n) is 7.16. The number of likely N-dealkylation sites (tertiary alicyclic amines) is 1. The van der Waals surface area contributed by atoms with Gasteiger partial charge in [-0.1, -0.05) is 24.3 Å². The number of ether oxygens (including phenoxy) is 1. The van der Waals surface area contributed by atoms with Crippen molar-refractivity contribution in [2.24, 2.45) is 0 Å². The van der Waals surface area contributed by atoms with E-state index in [1.54, 1.807) is 0 Å². The number of β-amino-alcohol motifs (C(OH)–C–C–N with tert-alkyl or cyclic N) is 1. The fourth-order valence-electron chi connectivity index (χ4n) is 4.03. The minimum atomic E-state index is -0.272. The molecule has 2 aliphatic heterocycles. The summed E-state index contributed by atoms with van der Waals surface area (Å²) in [7, 11) is 0. The second kappa shape index (κ2) is 7.75. The summed E-state index contributed by atoms with van der Waals surface area (Å²) in [5, 5.41) is 10.5. The lowest BCUT2D eigenvalue weighted by Gasteiger charge is -2.31. The monoisotopic (exact) mass is 318 g/mol. The lowest BCUT2D eigenvalue weighted by molar-refractivity contribution is 0.00634. The Labute approximate surface area is 140 Å². The Bertz CT molecular complexity index is 502. The van der Waals surface area contributed by atoms with Gasteiger partial charge in [0.1, 0.15) is 0 Å². The smallest absolute Gasteiger partial charge is 0.0793 e. The topological polar surface area (TPSA) is 35.9 Å². The van der Waals surface area contributed by atoms with Gasteiger partial charge in [0.05, 0.1) is 19.3 Å². The molecule has 0 spiro atoms. The molecule has 2 aliphatic rings. The summed E-state index contributed by atoms with van der Waals surface area (Å²) in [4.78, 5) is 4.77. The zero-order chi connectivity index (χ0) is 16.2. The van der Waals surface area contributed by atoms with Gasteiger partial charge in [0.15, 0.2) is 0 Å². The largest absolute Gasteiger partial charge is 0.390 e. The van der Waals surface area contributed by atoms with Crippen LogP contribution in [0.1, 0.15) is 30.4 Å². The van der Waals surface area contributed by atoms with Gasteiger partial charge in [-0.2, -0.15) is 0 Å². The summed E-state index contributed by atoms with van der Waals surface area (Å²) in [6, 6.07) is 9.26. The van der Waals surface area contributed by atoms with Crippen molar-refractivity contribution in [3.8, 4) is 0 Å². The molecular formula is C19H30N2O2. The van der Waals surface area contributed by atoms with Gasteiger partial charge < -0.3 is 9.84 Å². The average Bonchev–Trinajstić information content (AvgIpc) is 2.89. The predicted octanol–water partition coefficient (Wildman–Crippen LogP) is 1.87. The van der Waals surface area contributed by atoms with Crippen LogP contribution in [0.4, 0.5) is 0 Å². The summed E-state index contributed by atoms with van der Waals surface area (Å²) >= 11 is 0. The highest BCUT2D eigenvalue weighted by Crippen LogP contribution is 2.33. The Morgan fingerprint density at radius 2 is 1.96 bits per heavy atom. The Kier molecular flexibility index (Phi) is 5.70. The molecule has 3 atom stereocenters. The van der Waals surface area contributed by atoms with Crippen molar-refractivity contribution in [1.82, 2.24) is 9.80 Å². The molecule has 0 aliphatic carbocycles. The molecule has 2 heterocycles. The molecule has 0 aromatic heterocycles. The SMILES string of the molecule is Cc1ccccc1C1CC(C)N(CC(O)CN2CCOCC2)C1. The number of hydrogen-bond acceptors (Lipinski definition) is 4. The molecule has 1 aromatic rings. The highest BCUT2D eigenvalue weighted by molar-refractivity contribution is 5.30. The predicted molar refractivity (Wildman–Crippen MR) is 92.8 cm³/mol. The van der Waals surface area contributed by atoms with Crippen LogP contribution in [0.3, 0.4) is 0 Å². The number of aryl methyl sites for hydroxylation is 1. The van der Waals surface area contributed by atoms with Gasteiger partial charge in [-0.15, -0.1) is 0 Å². The summed E-state index contributed by atoms with van der Waals surface area (Å²) in [6.45, 7) is 10.6. The molecular weight excluding hydrogens is 288 g/mol. The zero-order valence-electron chi connectivity index (χ0n) is 14.4. The molecule has 4 nitrogen and oxygen atoms in total. The Balaban J connectivity index is 1.53. The molecule has 0 radical (unpaired) electrons. The van der Waals surface area contributed by atoms with E-state index in [0.29, 0.717) is 12.0 Å². The van der Waals surface area contributed by atoms with Crippen molar-refractivity contribution >= 4 is 0 Å². The number of nitrogens with zero attached hydrogens (tertiary/aromatic N) is 2. The first kappa shape index (κ1) is 16.9. The van der Waals surface area contributed by atoms with Crippen LogP contribution in [0.5, 0.6) is 0 Å². The second-order valence-corrected chi connectivity index (χ2v) is 7.16. The standard InChI is InChI=1S/C19H30N2O2/c1-15-5-3-4-6-19(15)17-11-16(2)21(12-17)14-18(22)13-20-7-9-23-10-8-20/h3-6,16-18,22H,7-14H2,1-2H3. The highest BCUT2D eigenvalue weighted by atomic mass is 16.5. The van der Waals surface area contributed by atoms with Gasteiger partial charge >= 0.3 is 0 Å². The van der Waals surface area contributed by atoms with E-state index in [-0.39, 0.29) is 6.10 Å². The first-order chi connectivity index (χ1) is 11.1. The lowest BCUT2D eigenvalue weighted by atomic mass is 9.93. The van der Waals surface area contributed by atoms with Crippen molar-refractivity contribution in [3.63, 3.8) is 0 Å². The van der Waals surface area contributed by atoms with Crippen molar-refractivity contribution in [2.75, 3.05) is 45.9 Å². The van der Waals surface area contributed by atoms with Gasteiger partial charge in [-0.3, -0.25) is 9.80 Å². The van der Waals surface area contributed by atoms with E-state index >= 15 is 0 Å². The molecule has 3 rings (SSSR count). The maximum atomic E-state index is 10.5. The van der Waals surface area contributed by atoms with Gasteiger partial charge in [-0.05, 0) is 37.3 Å². The van der Waals surface area contributed by atoms with Gasteiger partial charge in [0.2, 0.25) is 0 Å². The lowest BCUT2D eigenvalue weighted by Crippen LogP contribution is -2.45. The summed E-state index contributed by atoms with van der Waals surface area (Å²) in [6.07, 6.45) is 0.918. The van der Waals surface area contributed by atoms with Crippen LogP contribution in [0.25, 0.3) is 0 Å². The average molecular weight is 318 g/mol.